The lowest BCUT2D eigenvalue weighted by molar-refractivity contribution is -0.142. The zero-order chi connectivity index (χ0) is 23.3. The predicted octanol–water partition coefficient (Wildman–Crippen LogP) is 1.94. The van der Waals surface area contributed by atoms with E-state index in [1.165, 1.54) is 11.7 Å². The summed E-state index contributed by atoms with van der Waals surface area (Å²) >= 11 is 1.08. The van der Waals surface area contributed by atoms with Gasteiger partial charge in [-0.1, -0.05) is 11.8 Å². The number of fused-ring (bicyclic) bond motifs is 1. The maximum Gasteiger partial charge on any atom is 0.313 e. The summed E-state index contributed by atoms with van der Waals surface area (Å²) in [6.07, 6.45) is 1.32. The first-order valence-corrected chi connectivity index (χ1v) is 11.5. The standard InChI is InChI=1S/C22H27N3O6S/c1-13(2)23-20(28)14-6-7-17-18(9-14)24-22(32-12-15(26)10-19(27)30-3)25(21(17)29)11-16-5-4-8-31-16/h6-7,9,13,16H,4-5,8,10-12H2,1-3H3,(H,23,28)/t16-/m0/s1. The number of amides is 1. The van der Waals surface area contributed by atoms with Crippen LogP contribution in [0.25, 0.3) is 10.9 Å². The molecular formula is C22H27N3O6S. The molecule has 32 heavy (non-hydrogen) atoms. The van der Waals surface area contributed by atoms with Crippen molar-refractivity contribution in [2.75, 3.05) is 19.5 Å². The van der Waals surface area contributed by atoms with E-state index in [9.17, 15) is 19.2 Å². The maximum absolute atomic E-state index is 13.3. The van der Waals surface area contributed by atoms with E-state index < -0.39 is 5.97 Å². The fraction of sp³-hybridized carbons (Fsp3) is 0.500. The Bertz CT molecular complexity index is 1080. The predicted molar refractivity (Wildman–Crippen MR) is 120 cm³/mol. The minimum atomic E-state index is -0.611. The van der Waals surface area contributed by atoms with Crippen molar-refractivity contribution in [3.8, 4) is 0 Å². The molecule has 1 amide bonds. The average molecular weight is 462 g/mol. The summed E-state index contributed by atoms with van der Waals surface area (Å²) in [6.45, 7) is 4.70. The molecule has 2 heterocycles. The van der Waals surface area contributed by atoms with Gasteiger partial charge >= 0.3 is 5.97 Å². The van der Waals surface area contributed by atoms with Gasteiger partial charge in [-0.2, -0.15) is 0 Å². The molecule has 1 saturated heterocycles. The van der Waals surface area contributed by atoms with Gasteiger partial charge < -0.3 is 14.8 Å². The van der Waals surface area contributed by atoms with Crippen LogP contribution < -0.4 is 10.9 Å². The highest BCUT2D eigenvalue weighted by molar-refractivity contribution is 7.99. The highest BCUT2D eigenvalue weighted by atomic mass is 32.2. The summed E-state index contributed by atoms with van der Waals surface area (Å²) in [5, 5.41) is 3.54. The van der Waals surface area contributed by atoms with Crippen molar-refractivity contribution in [2.24, 2.45) is 0 Å². The molecule has 1 atom stereocenters. The van der Waals surface area contributed by atoms with E-state index >= 15 is 0 Å². The second-order valence-corrected chi connectivity index (χ2v) is 8.83. The van der Waals surface area contributed by atoms with Gasteiger partial charge in [0, 0.05) is 18.2 Å². The van der Waals surface area contributed by atoms with Crippen LogP contribution in [0.1, 0.15) is 43.5 Å². The van der Waals surface area contributed by atoms with Crippen molar-refractivity contribution in [3.05, 3.63) is 34.1 Å². The van der Waals surface area contributed by atoms with Crippen molar-refractivity contribution in [1.29, 1.82) is 0 Å². The third kappa shape index (κ3) is 5.95. The van der Waals surface area contributed by atoms with E-state index in [2.05, 4.69) is 15.0 Å². The summed E-state index contributed by atoms with van der Waals surface area (Å²) in [5.74, 6) is -1.23. The summed E-state index contributed by atoms with van der Waals surface area (Å²) in [6, 6.07) is 4.75. The van der Waals surface area contributed by atoms with E-state index in [-0.39, 0.29) is 41.6 Å². The lowest BCUT2D eigenvalue weighted by Gasteiger charge is -2.16. The summed E-state index contributed by atoms with van der Waals surface area (Å²) in [5.41, 5.74) is 0.509. The number of benzene rings is 1. The zero-order valence-electron chi connectivity index (χ0n) is 18.4. The number of rotatable bonds is 9. The number of esters is 1. The number of ketones is 1. The minimum Gasteiger partial charge on any atom is -0.469 e. The lowest BCUT2D eigenvalue weighted by atomic mass is 10.1. The van der Waals surface area contributed by atoms with Gasteiger partial charge in [-0.25, -0.2) is 4.98 Å². The largest absolute Gasteiger partial charge is 0.469 e. The molecule has 1 aliphatic rings. The SMILES string of the molecule is COC(=O)CC(=O)CSc1nc2cc(C(=O)NC(C)C)ccc2c(=O)n1C[C@@H]1CCCO1. The van der Waals surface area contributed by atoms with Crippen LogP contribution in [0.4, 0.5) is 0 Å². The van der Waals surface area contributed by atoms with Crippen LogP contribution >= 0.6 is 11.8 Å². The molecule has 0 bridgehead atoms. The zero-order valence-corrected chi connectivity index (χ0v) is 19.2. The number of methoxy groups -OCH3 is 1. The van der Waals surface area contributed by atoms with Gasteiger partial charge in [0.2, 0.25) is 0 Å². The van der Waals surface area contributed by atoms with Crippen molar-refractivity contribution < 1.29 is 23.9 Å². The first kappa shape index (κ1) is 23.9. The van der Waals surface area contributed by atoms with Gasteiger partial charge in [0.15, 0.2) is 10.9 Å². The van der Waals surface area contributed by atoms with Crippen molar-refractivity contribution in [1.82, 2.24) is 14.9 Å². The van der Waals surface area contributed by atoms with E-state index in [4.69, 9.17) is 4.74 Å². The number of carbonyl (C=O) groups is 3. The van der Waals surface area contributed by atoms with Crippen molar-refractivity contribution >= 4 is 40.3 Å². The first-order chi connectivity index (χ1) is 15.3. The molecule has 0 radical (unpaired) electrons. The molecule has 0 aliphatic carbocycles. The number of thioether (sulfide) groups is 1. The fourth-order valence-electron chi connectivity index (χ4n) is 3.38. The van der Waals surface area contributed by atoms with Gasteiger partial charge in [-0.15, -0.1) is 0 Å². The molecule has 1 fully saturated rings. The third-order valence-corrected chi connectivity index (χ3v) is 5.98. The normalized spacial score (nSPS) is 15.8. The molecule has 0 unspecified atom stereocenters. The molecule has 1 aromatic heterocycles. The highest BCUT2D eigenvalue weighted by Crippen LogP contribution is 2.22. The Morgan fingerprint density at radius 3 is 2.78 bits per heavy atom. The van der Waals surface area contributed by atoms with Crippen molar-refractivity contribution in [3.63, 3.8) is 0 Å². The third-order valence-electron chi connectivity index (χ3n) is 4.94. The molecule has 1 aromatic carbocycles. The molecule has 9 nitrogen and oxygen atoms in total. The minimum absolute atomic E-state index is 0.0301. The van der Waals surface area contributed by atoms with Gasteiger partial charge in [0.25, 0.3) is 11.5 Å². The molecule has 0 saturated carbocycles. The first-order valence-electron chi connectivity index (χ1n) is 10.5. The second kappa shape index (κ2) is 10.7. The smallest absolute Gasteiger partial charge is 0.313 e. The van der Waals surface area contributed by atoms with Gasteiger partial charge in [-0.3, -0.25) is 23.7 Å². The Morgan fingerprint density at radius 2 is 2.12 bits per heavy atom. The Balaban J connectivity index is 1.95. The highest BCUT2D eigenvalue weighted by Gasteiger charge is 2.22. The van der Waals surface area contributed by atoms with Gasteiger partial charge in [0.1, 0.15) is 6.42 Å². The Kier molecular flexibility index (Phi) is 8.03. The quantitative estimate of drug-likeness (QED) is 0.261. The van der Waals surface area contributed by atoms with Crippen LogP contribution in [-0.4, -0.2) is 58.8 Å². The molecule has 10 heteroatoms. The topological polar surface area (TPSA) is 117 Å². The molecule has 1 N–H and O–H groups in total. The summed E-state index contributed by atoms with van der Waals surface area (Å²) in [4.78, 5) is 53.7. The number of nitrogens with zero attached hydrogens (tertiary/aromatic N) is 2. The van der Waals surface area contributed by atoms with E-state index in [0.29, 0.717) is 34.8 Å². The molecule has 2 aromatic rings. The second-order valence-electron chi connectivity index (χ2n) is 7.89. The molecular weight excluding hydrogens is 434 g/mol. The van der Waals surface area contributed by atoms with Crippen LogP contribution in [-0.2, 0) is 25.6 Å². The van der Waals surface area contributed by atoms with Crippen LogP contribution in [0.15, 0.2) is 28.2 Å². The average Bonchev–Trinajstić information content (AvgIpc) is 3.26. The number of aromatic nitrogens is 2. The maximum atomic E-state index is 13.3. The Morgan fingerprint density at radius 1 is 1.34 bits per heavy atom. The molecule has 0 spiro atoms. The molecule has 1 aliphatic heterocycles. The number of hydrogen-bond acceptors (Lipinski definition) is 8. The van der Waals surface area contributed by atoms with Crippen molar-refractivity contribution in [2.45, 2.75) is 57.0 Å². The number of ether oxygens (including phenoxy) is 2. The van der Waals surface area contributed by atoms with Gasteiger partial charge in [0.05, 0.1) is 36.4 Å². The molecule has 172 valence electrons. The Labute approximate surface area is 189 Å². The number of carbonyl (C=O) groups excluding carboxylic acids is 3. The van der Waals surface area contributed by atoms with Crippen LogP contribution in [0.2, 0.25) is 0 Å². The summed E-state index contributed by atoms with van der Waals surface area (Å²) < 4.78 is 11.7. The van der Waals surface area contributed by atoms with E-state index in [1.54, 1.807) is 18.2 Å². The monoisotopic (exact) mass is 461 g/mol. The van der Waals surface area contributed by atoms with Crippen LogP contribution in [0, 0.1) is 0 Å². The number of hydrogen-bond donors (Lipinski definition) is 1. The number of Topliss-reactive ketones (excluding diaryl/α,β-unsaturated/α-hetero) is 1. The summed E-state index contributed by atoms with van der Waals surface area (Å²) in [7, 11) is 1.22. The van der Waals surface area contributed by atoms with Crippen LogP contribution in [0.5, 0.6) is 0 Å². The van der Waals surface area contributed by atoms with Crippen LogP contribution in [0.3, 0.4) is 0 Å². The molecule has 3 rings (SSSR count). The van der Waals surface area contributed by atoms with E-state index in [0.717, 1.165) is 24.6 Å². The number of nitrogens with one attached hydrogen (secondary N) is 1. The fourth-order valence-corrected chi connectivity index (χ4v) is 4.25. The van der Waals surface area contributed by atoms with Gasteiger partial charge in [-0.05, 0) is 44.9 Å². The van der Waals surface area contributed by atoms with E-state index in [1.807, 2.05) is 13.8 Å². The Hall–Kier alpha value is -2.72. The lowest BCUT2D eigenvalue weighted by Crippen LogP contribution is -2.31.